The molecule has 0 spiro atoms. The molecule has 0 saturated carbocycles. The van der Waals surface area contributed by atoms with Gasteiger partial charge in [0.05, 0.1) is 0 Å². The third-order valence-electron chi connectivity index (χ3n) is 2.34. The average molecular weight is 182 g/mol. The smallest absolute Gasteiger partial charge is 0.220 e. The van der Waals surface area contributed by atoms with Gasteiger partial charge in [0, 0.05) is 25.0 Å². The van der Waals surface area contributed by atoms with Gasteiger partial charge < -0.3 is 10.6 Å². The number of rotatable bonds is 3. The number of hydrogen-bond acceptors (Lipinski definition) is 2. The van der Waals surface area contributed by atoms with Crippen molar-refractivity contribution in [3.63, 3.8) is 0 Å². The van der Waals surface area contributed by atoms with Crippen LogP contribution in [0.4, 0.5) is 0 Å². The molecule has 1 aliphatic heterocycles. The molecule has 2 N–H and O–H groups in total. The van der Waals surface area contributed by atoms with E-state index in [1.807, 2.05) is 13.8 Å². The van der Waals surface area contributed by atoms with Crippen LogP contribution in [0.2, 0.25) is 0 Å². The van der Waals surface area contributed by atoms with Crippen LogP contribution in [0, 0.1) is 0 Å². The molecular weight excluding hydrogens is 164 g/mol. The van der Waals surface area contributed by atoms with Crippen LogP contribution in [-0.2, 0) is 4.79 Å². The molecule has 0 radical (unpaired) electrons. The molecule has 0 aromatic heterocycles. The van der Waals surface area contributed by atoms with E-state index in [2.05, 4.69) is 17.2 Å². The first-order chi connectivity index (χ1) is 6.09. The third-order valence-corrected chi connectivity index (χ3v) is 2.34. The quantitative estimate of drug-likeness (QED) is 0.634. The van der Waals surface area contributed by atoms with E-state index in [9.17, 15) is 4.79 Å². The van der Waals surface area contributed by atoms with Crippen molar-refractivity contribution in [3.05, 3.63) is 12.2 Å². The molecule has 1 amide bonds. The number of piperidine rings is 1. The summed E-state index contributed by atoms with van der Waals surface area (Å²) >= 11 is 0. The molecule has 0 bridgehead atoms. The lowest BCUT2D eigenvalue weighted by Gasteiger charge is -2.30. The van der Waals surface area contributed by atoms with E-state index in [4.69, 9.17) is 0 Å². The van der Waals surface area contributed by atoms with Crippen LogP contribution in [0.3, 0.4) is 0 Å². The fourth-order valence-electron chi connectivity index (χ4n) is 1.55. The molecule has 2 atom stereocenters. The Morgan fingerprint density at radius 1 is 1.77 bits per heavy atom. The van der Waals surface area contributed by atoms with Gasteiger partial charge in [0.1, 0.15) is 0 Å². The Balaban J connectivity index is 2.33. The van der Waals surface area contributed by atoms with E-state index in [0.29, 0.717) is 12.5 Å². The maximum Gasteiger partial charge on any atom is 0.220 e. The van der Waals surface area contributed by atoms with Gasteiger partial charge in [-0.15, -0.1) is 0 Å². The summed E-state index contributed by atoms with van der Waals surface area (Å²) < 4.78 is 0. The molecule has 1 rings (SSSR count). The van der Waals surface area contributed by atoms with Gasteiger partial charge in [-0.3, -0.25) is 4.79 Å². The van der Waals surface area contributed by atoms with E-state index < -0.39 is 0 Å². The summed E-state index contributed by atoms with van der Waals surface area (Å²) in [6.07, 6.45) is 1.57. The summed E-state index contributed by atoms with van der Waals surface area (Å²) in [5.41, 5.74) is 1.13. The van der Waals surface area contributed by atoms with Gasteiger partial charge in [-0.05, 0) is 20.3 Å². The zero-order valence-corrected chi connectivity index (χ0v) is 8.39. The Morgan fingerprint density at radius 3 is 3.00 bits per heavy atom. The lowest BCUT2D eigenvalue weighted by Crippen LogP contribution is -2.52. The fourth-order valence-corrected chi connectivity index (χ4v) is 1.55. The van der Waals surface area contributed by atoms with Crippen LogP contribution in [0.5, 0.6) is 0 Å². The largest absolute Gasteiger partial charge is 0.352 e. The van der Waals surface area contributed by atoms with Crippen molar-refractivity contribution in [2.24, 2.45) is 0 Å². The van der Waals surface area contributed by atoms with Crippen LogP contribution >= 0.6 is 0 Å². The highest BCUT2D eigenvalue weighted by Crippen LogP contribution is 2.09. The van der Waals surface area contributed by atoms with Crippen LogP contribution in [0.25, 0.3) is 0 Å². The van der Waals surface area contributed by atoms with Gasteiger partial charge in [-0.25, -0.2) is 0 Å². The Hall–Kier alpha value is -0.830. The summed E-state index contributed by atoms with van der Waals surface area (Å²) in [4.78, 5) is 11.0. The Kier molecular flexibility index (Phi) is 3.48. The molecule has 0 aromatic carbocycles. The zero-order chi connectivity index (χ0) is 9.84. The molecule has 0 aliphatic carbocycles. The van der Waals surface area contributed by atoms with Crippen molar-refractivity contribution >= 4 is 5.91 Å². The predicted octanol–water partition coefficient (Wildman–Crippen LogP) is 0.819. The van der Waals surface area contributed by atoms with Crippen molar-refractivity contribution in [3.8, 4) is 0 Å². The molecule has 1 aliphatic rings. The molecule has 3 nitrogen and oxygen atoms in total. The molecular formula is C10H18N2O. The summed E-state index contributed by atoms with van der Waals surface area (Å²) in [6, 6.07) is 0.634. The molecule has 1 fully saturated rings. The highest BCUT2D eigenvalue weighted by atomic mass is 16.1. The van der Waals surface area contributed by atoms with Crippen molar-refractivity contribution in [2.45, 2.75) is 38.8 Å². The third kappa shape index (κ3) is 3.19. The molecule has 0 aromatic rings. The fraction of sp³-hybridized carbons (Fsp3) is 0.700. The number of carbonyl (C=O) groups is 1. The number of amides is 1. The van der Waals surface area contributed by atoms with Gasteiger partial charge in [-0.2, -0.15) is 0 Å². The first-order valence-corrected chi connectivity index (χ1v) is 4.76. The Bertz CT molecular complexity index is 213. The second kappa shape index (κ2) is 4.42. The number of carbonyl (C=O) groups excluding carboxylic acids is 1. The maximum atomic E-state index is 11.0. The zero-order valence-electron chi connectivity index (χ0n) is 8.39. The first-order valence-electron chi connectivity index (χ1n) is 4.76. The van der Waals surface area contributed by atoms with Crippen LogP contribution in [0.15, 0.2) is 12.2 Å². The van der Waals surface area contributed by atoms with Gasteiger partial charge >= 0.3 is 0 Å². The summed E-state index contributed by atoms with van der Waals surface area (Å²) in [7, 11) is 0. The molecule has 3 heteroatoms. The van der Waals surface area contributed by atoms with Crippen molar-refractivity contribution in [2.75, 3.05) is 6.54 Å². The van der Waals surface area contributed by atoms with Gasteiger partial charge in [-0.1, -0.05) is 12.2 Å². The lowest BCUT2D eigenvalue weighted by molar-refractivity contribution is -0.123. The number of hydrogen-bond donors (Lipinski definition) is 2. The average Bonchev–Trinajstić information content (AvgIpc) is 2.02. The van der Waals surface area contributed by atoms with E-state index in [1.165, 1.54) is 0 Å². The minimum Gasteiger partial charge on any atom is -0.352 e. The topological polar surface area (TPSA) is 41.1 Å². The van der Waals surface area contributed by atoms with Crippen LogP contribution in [0.1, 0.15) is 26.7 Å². The van der Waals surface area contributed by atoms with E-state index >= 15 is 0 Å². The van der Waals surface area contributed by atoms with Crippen molar-refractivity contribution in [1.82, 2.24) is 10.6 Å². The Morgan fingerprint density at radius 2 is 2.46 bits per heavy atom. The molecule has 1 heterocycles. The highest BCUT2D eigenvalue weighted by Gasteiger charge is 2.24. The summed E-state index contributed by atoms with van der Waals surface area (Å²) in [5, 5.41) is 6.30. The minimum absolute atomic E-state index is 0.167. The first kappa shape index (κ1) is 10.3. The van der Waals surface area contributed by atoms with Gasteiger partial charge in [0.25, 0.3) is 0 Å². The van der Waals surface area contributed by atoms with E-state index in [0.717, 1.165) is 18.5 Å². The lowest BCUT2D eigenvalue weighted by atomic mass is 9.99. The summed E-state index contributed by atoms with van der Waals surface area (Å²) in [6.45, 7) is 8.70. The van der Waals surface area contributed by atoms with Crippen molar-refractivity contribution in [1.29, 1.82) is 0 Å². The monoisotopic (exact) mass is 182 g/mol. The van der Waals surface area contributed by atoms with Gasteiger partial charge in [0.15, 0.2) is 0 Å². The molecule has 1 saturated heterocycles. The summed E-state index contributed by atoms with van der Waals surface area (Å²) in [5.74, 6) is 0.167. The standard InChI is InChI=1S/C10H18N2O/c1-7(2)6-11-9-4-5-10(13)12-8(9)3/h8-9,11H,1,4-6H2,2-3H3,(H,12,13). The number of nitrogens with one attached hydrogen (secondary N) is 2. The van der Waals surface area contributed by atoms with Crippen molar-refractivity contribution < 1.29 is 4.79 Å². The van der Waals surface area contributed by atoms with Crippen LogP contribution in [-0.4, -0.2) is 24.5 Å². The van der Waals surface area contributed by atoms with E-state index in [1.54, 1.807) is 0 Å². The SMILES string of the molecule is C=C(C)CNC1CCC(=O)NC1C. The van der Waals surface area contributed by atoms with E-state index in [-0.39, 0.29) is 11.9 Å². The second-order valence-electron chi connectivity index (χ2n) is 3.84. The second-order valence-corrected chi connectivity index (χ2v) is 3.84. The van der Waals surface area contributed by atoms with Gasteiger partial charge in [0.2, 0.25) is 5.91 Å². The maximum absolute atomic E-state index is 11.0. The predicted molar refractivity (Wildman–Crippen MR) is 53.4 cm³/mol. The molecule has 13 heavy (non-hydrogen) atoms. The van der Waals surface area contributed by atoms with Crippen LogP contribution < -0.4 is 10.6 Å². The normalized spacial score (nSPS) is 28.3. The minimum atomic E-state index is 0.167. The highest BCUT2D eigenvalue weighted by molar-refractivity contribution is 5.77. The Labute approximate surface area is 79.6 Å². The molecule has 74 valence electrons. The molecule has 2 unspecified atom stereocenters.